The maximum Gasteiger partial charge on any atom is 0.0587 e. The molecule has 1 N–H and O–H groups in total. The summed E-state index contributed by atoms with van der Waals surface area (Å²) in [6.45, 7) is 2.50. The summed E-state index contributed by atoms with van der Waals surface area (Å²) in [4.78, 5) is 0.998. The van der Waals surface area contributed by atoms with Crippen LogP contribution >= 0.6 is 0 Å². The molecule has 1 aromatic carbocycles. The molecular formula is C15H23NO2S. The first-order valence-corrected chi connectivity index (χ1v) is 8.33. The summed E-state index contributed by atoms with van der Waals surface area (Å²) in [5, 5.41) is 3.28. The molecule has 1 unspecified atom stereocenters. The molecule has 0 radical (unpaired) electrons. The van der Waals surface area contributed by atoms with Crippen LogP contribution in [-0.2, 0) is 28.4 Å². The van der Waals surface area contributed by atoms with Crippen molar-refractivity contribution in [2.45, 2.75) is 30.6 Å². The van der Waals surface area contributed by atoms with Crippen molar-refractivity contribution >= 4 is 10.8 Å². The van der Waals surface area contributed by atoms with E-state index < -0.39 is 10.8 Å². The average molecular weight is 281 g/mol. The molecule has 3 nitrogen and oxygen atoms in total. The largest absolute Gasteiger partial charge is 0.383 e. The number of nitrogens with one attached hydrogen (secondary N) is 1. The number of fused-ring (bicyclic) bond motifs is 1. The predicted molar refractivity (Wildman–Crippen MR) is 79.1 cm³/mol. The van der Waals surface area contributed by atoms with Gasteiger partial charge in [0.15, 0.2) is 0 Å². The topological polar surface area (TPSA) is 38.3 Å². The van der Waals surface area contributed by atoms with E-state index in [2.05, 4.69) is 17.4 Å². The monoisotopic (exact) mass is 281 g/mol. The lowest BCUT2D eigenvalue weighted by molar-refractivity contribution is 0.199. The van der Waals surface area contributed by atoms with Crippen LogP contribution in [-0.4, -0.2) is 36.8 Å². The Hall–Kier alpha value is -0.710. The minimum absolute atomic E-state index is 0.730. The molecule has 0 saturated carbocycles. The van der Waals surface area contributed by atoms with Gasteiger partial charge in [0, 0.05) is 24.3 Å². The lowest BCUT2D eigenvalue weighted by atomic mass is 10.1. The molecule has 1 atom stereocenters. The molecule has 0 bridgehead atoms. The second-order valence-corrected chi connectivity index (χ2v) is 6.50. The first-order valence-electron chi connectivity index (χ1n) is 7.01. The van der Waals surface area contributed by atoms with Crippen LogP contribution in [0.1, 0.15) is 24.0 Å². The van der Waals surface area contributed by atoms with Gasteiger partial charge in [-0.05, 0) is 55.5 Å². The number of rotatable bonds is 8. The van der Waals surface area contributed by atoms with Crippen molar-refractivity contribution in [2.24, 2.45) is 0 Å². The first-order chi connectivity index (χ1) is 9.31. The van der Waals surface area contributed by atoms with Crippen molar-refractivity contribution in [1.82, 2.24) is 5.32 Å². The third kappa shape index (κ3) is 4.41. The molecule has 0 aromatic heterocycles. The third-order valence-electron chi connectivity index (χ3n) is 3.50. The molecule has 1 aromatic rings. The number of aryl methyl sites for hydroxylation is 2. The Morgan fingerprint density at radius 1 is 1.26 bits per heavy atom. The first kappa shape index (κ1) is 14.7. The number of methoxy groups -OCH3 is 1. The van der Waals surface area contributed by atoms with Crippen molar-refractivity contribution < 1.29 is 8.95 Å². The van der Waals surface area contributed by atoms with E-state index in [4.69, 9.17) is 4.74 Å². The lowest BCUT2D eigenvalue weighted by Gasteiger charge is -2.06. The van der Waals surface area contributed by atoms with Crippen molar-refractivity contribution in [2.75, 3.05) is 32.6 Å². The maximum atomic E-state index is 12.2. The Bertz CT molecular complexity index is 434. The number of hydrogen-bond acceptors (Lipinski definition) is 3. The van der Waals surface area contributed by atoms with Gasteiger partial charge in [-0.1, -0.05) is 6.07 Å². The molecule has 4 heteroatoms. The van der Waals surface area contributed by atoms with Gasteiger partial charge in [0.1, 0.15) is 0 Å². The SMILES string of the molecule is COCCNCCCS(=O)c1ccc2c(c1)CCC2. The van der Waals surface area contributed by atoms with Crippen molar-refractivity contribution in [3.8, 4) is 0 Å². The van der Waals surface area contributed by atoms with Crippen LogP contribution in [0.15, 0.2) is 23.1 Å². The van der Waals surface area contributed by atoms with E-state index in [-0.39, 0.29) is 0 Å². The second kappa shape index (κ2) is 7.78. The summed E-state index contributed by atoms with van der Waals surface area (Å²) in [5.41, 5.74) is 2.85. The molecule has 0 saturated heterocycles. The smallest absolute Gasteiger partial charge is 0.0587 e. The number of benzene rings is 1. The Morgan fingerprint density at radius 2 is 2.11 bits per heavy atom. The van der Waals surface area contributed by atoms with Gasteiger partial charge in [0.25, 0.3) is 0 Å². The van der Waals surface area contributed by atoms with E-state index in [1.165, 1.54) is 24.0 Å². The lowest BCUT2D eigenvalue weighted by Crippen LogP contribution is -2.21. The van der Waals surface area contributed by atoms with Gasteiger partial charge < -0.3 is 10.1 Å². The van der Waals surface area contributed by atoms with Crippen molar-refractivity contribution in [3.05, 3.63) is 29.3 Å². The van der Waals surface area contributed by atoms with Gasteiger partial charge in [0.05, 0.1) is 17.4 Å². The standard InChI is InChI=1S/C15H23NO2S/c1-18-10-9-16-8-3-11-19(17)15-7-6-13-4-2-5-14(13)12-15/h6-7,12,16H,2-5,8-11H2,1H3. The van der Waals surface area contributed by atoms with Crippen LogP contribution in [0.2, 0.25) is 0 Å². The zero-order valence-corrected chi connectivity index (χ0v) is 12.4. The minimum Gasteiger partial charge on any atom is -0.383 e. The summed E-state index contributed by atoms with van der Waals surface area (Å²) < 4.78 is 17.2. The average Bonchev–Trinajstić information content (AvgIpc) is 2.89. The Balaban J connectivity index is 1.74. The summed E-state index contributed by atoms with van der Waals surface area (Å²) in [6, 6.07) is 6.35. The second-order valence-electron chi connectivity index (χ2n) is 4.93. The summed E-state index contributed by atoms with van der Waals surface area (Å²) >= 11 is 0. The van der Waals surface area contributed by atoms with Gasteiger partial charge in [-0.2, -0.15) is 0 Å². The van der Waals surface area contributed by atoms with Crippen LogP contribution in [0.3, 0.4) is 0 Å². The molecule has 0 heterocycles. The molecule has 0 fully saturated rings. The van der Waals surface area contributed by atoms with Gasteiger partial charge in [-0.15, -0.1) is 0 Å². The van der Waals surface area contributed by atoms with E-state index >= 15 is 0 Å². The Labute approximate surface area is 118 Å². The predicted octanol–water partition coefficient (Wildman–Crippen LogP) is 1.91. The van der Waals surface area contributed by atoms with Crippen LogP contribution < -0.4 is 5.32 Å². The molecule has 1 aliphatic carbocycles. The summed E-state index contributed by atoms with van der Waals surface area (Å²) in [5.74, 6) is 0.735. The highest BCUT2D eigenvalue weighted by Gasteiger charge is 2.12. The van der Waals surface area contributed by atoms with E-state index in [1.807, 2.05) is 6.07 Å². The third-order valence-corrected chi connectivity index (χ3v) is 4.94. The Kier molecular flexibility index (Phi) is 6.01. The molecule has 2 rings (SSSR count). The molecule has 0 amide bonds. The van der Waals surface area contributed by atoms with E-state index in [9.17, 15) is 4.21 Å². The van der Waals surface area contributed by atoms with Crippen LogP contribution in [0.4, 0.5) is 0 Å². The van der Waals surface area contributed by atoms with E-state index in [1.54, 1.807) is 7.11 Å². The molecule has 0 aliphatic heterocycles. The zero-order valence-electron chi connectivity index (χ0n) is 11.6. The molecule has 106 valence electrons. The number of hydrogen-bond donors (Lipinski definition) is 1. The summed E-state index contributed by atoms with van der Waals surface area (Å²) in [7, 11) is 0.845. The fraction of sp³-hybridized carbons (Fsp3) is 0.600. The maximum absolute atomic E-state index is 12.2. The molecule has 0 spiro atoms. The Morgan fingerprint density at radius 3 is 2.95 bits per heavy atom. The van der Waals surface area contributed by atoms with E-state index in [0.717, 1.165) is 43.2 Å². The van der Waals surface area contributed by atoms with Gasteiger partial charge >= 0.3 is 0 Å². The highest BCUT2D eigenvalue weighted by Crippen LogP contribution is 2.24. The van der Waals surface area contributed by atoms with Gasteiger partial charge in [-0.3, -0.25) is 4.21 Å². The zero-order chi connectivity index (χ0) is 13.5. The normalized spacial score (nSPS) is 15.4. The number of ether oxygens (including phenoxy) is 1. The molecule has 1 aliphatic rings. The van der Waals surface area contributed by atoms with Gasteiger partial charge in [-0.25, -0.2) is 0 Å². The van der Waals surface area contributed by atoms with Gasteiger partial charge in [0.2, 0.25) is 0 Å². The molecule has 19 heavy (non-hydrogen) atoms. The summed E-state index contributed by atoms with van der Waals surface area (Å²) in [6.07, 6.45) is 4.52. The van der Waals surface area contributed by atoms with Crippen LogP contribution in [0, 0.1) is 0 Å². The molecular weight excluding hydrogens is 258 g/mol. The minimum atomic E-state index is -0.854. The van der Waals surface area contributed by atoms with Crippen LogP contribution in [0.25, 0.3) is 0 Å². The fourth-order valence-electron chi connectivity index (χ4n) is 2.44. The quantitative estimate of drug-likeness (QED) is 0.740. The van der Waals surface area contributed by atoms with Crippen molar-refractivity contribution in [1.29, 1.82) is 0 Å². The highest BCUT2D eigenvalue weighted by molar-refractivity contribution is 7.85. The highest BCUT2D eigenvalue weighted by atomic mass is 32.2. The van der Waals surface area contributed by atoms with E-state index in [0.29, 0.717) is 0 Å². The fourth-order valence-corrected chi connectivity index (χ4v) is 3.57. The van der Waals surface area contributed by atoms with Crippen LogP contribution in [0.5, 0.6) is 0 Å². The van der Waals surface area contributed by atoms with Crippen molar-refractivity contribution in [3.63, 3.8) is 0 Å².